The van der Waals surface area contributed by atoms with Crippen molar-refractivity contribution in [2.75, 3.05) is 17.4 Å². The summed E-state index contributed by atoms with van der Waals surface area (Å²) in [5.74, 6) is -0.504. The summed E-state index contributed by atoms with van der Waals surface area (Å²) in [5.41, 5.74) is 2.20. The fourth-order valence-corrected chi connectivity index (χ4v) is 5.71. The van der Waals surface area contributed by atoms with Crippen molar-refractivity contribution >= 4 is 39.1 Å². The van der Waals surface area contributed by atoms with Crippen molar-refractivity contribution < 1.29 is 18.0 Å². The van der Waals surface area contributed by atoms with E-state index in [9.17, 15) is 18.0 Å². The van der Waals surface area contributed by atoms with Crippen LogP contribution in [-0.4, -0.2) is 44.3 Å². The Morgan fingerprint density at radius 1 is 0.923 bits per heavy atom. The molecule has 0 aliphatic heterocycles. The van der Waals surface area contributed by atoms with Crippen LogP contribution in [0, 0.1) is 12.8 Å². The van der Waals surface area contributed by atoms with Gasteiger partial charge in [0, 0.05) is 18.1 Å². The molecule has 0 aromatic heterocycles. The summed E-state index contributed by atoms with van der Waals surface area (Å²) < 4.78 is 28.7. The summed E-state index contributed by atoms with van der Waals surface area (Å²) in [6.07, 6.45) is 0.372. The molecule has 9 heteroatoms. The molecule has 3 aromatic carbocycles. The van der Waals surface area contributed by atoms with Crippen molar-refractivity contribution in [3.8, 4) is 0 Å². The maximum atomic E-state index is 14.0. The first-order chi connectivity index (χ1) is 18.5. The highest BCUT2D eigenvalue weighted by Crippen LogP contribution is 2.26. The quantitative estimate of drug-likeness (QED) is 0.315. The van der Waals surface area contributed by atoms with Gasteiger partial charge in [-0.25, -0.2) is 8.42 Å². The molecule has 7 nitrogen and oxygen atoms in total. The zero-order valence-electron chi connectivity index (χ0n) is 22.8. The van der Waals surface area contributed by atoms with Gasteiger partial charge in [-0.05, 0) is 66.8 Å². The molecule has 0 bridgehead atoms. The van der Waals surface area contributed by atoms with Crippen LogP contribution in [0.25, 0.3) is 0 Å². The lowest BCUT2D eigenvalue weighted by Crippen LogP contribution is -2.52. The Morgan fingerprint density at radius 3 is 2.13 bits per heavy atom. The molecule has 0 aliphatic carbocycles. The molecule has 1 N–H and O–H groups in total. The van der Waals surface area contributed by atoms with Crippen LogP contribution < -0.4 is 9.62 Å². The van der Waals surface area contributed by atoms with Gasteiger partial charge in [-0.2, -0.15) is 0 Å². The van der Waals surface area contributed by atoms with E-state index in [1.807, 2.05) is 52.0 Å². The molecule has 0 unspecified atom stereocenters. The van der Waals surface area contributed by atoms with Gasteiger partial charge in [0.15, 0.2) is 0 Å². The number of nitrogens with zero attached hydrogens (tertiary/aromatic N) is 2. The predicted molar refractivity (Wildman–Crippen MR) is 156 cm³/mol. The molecule has 2 amide bonds. The highest BCUT2D eigenvalue weighted by molar-refractivity contribution is 7.92. The molecule has 39 heavy (non-hydrogen) atoms. The normalized spacial score (nSPS) is 12.2. The molecular formula is C30H36ClN3O4S. The van der Waals surface area contributed by atoms with Crippen molar-refractivity contribution in [3.63, 3.8) is 0 Å². The average molecular weight is 570 g/mol. The third-order valence-electron chi connectivity index (χ3n) is 6.40. The van der Waals surface area contributed by atoms with Crippen LogP contribution in [0.1, 0.15) is 38.3 Å². The number of sulfonamides is 1. The fourth-order valence-electron chi connectivity index (χ4n) is 4.17. The number of amides is 2. The first-order valence-corrected chi connectivity index (χ1v) is 14.8. The predicted octanol–water partition coefficient (Wildman–Crippen LogP) is 5.42. The summed E-state index contributed by atoms with van der Waals surface area (Å²) in [6.45, 7) is 7.95. The Bertz CT molecular complexity index is 1360. The van der Waals surface area contributed by atoms with E-state index in [0.29, 0.717) is 23.7 Å². The highest BCUT2D eigenvalue weighted by atomic mass is 35.5. The Balaban J connectivity index is 2.03. The number of nitrogens with one attached hydrogen (secondary N) is 1. The van der Waals surface area contributed by atoms with Gasteiger partial charge in [-0.15, -0.1) is 0 Å². The molecule has 1 atom stereocenters. The second-order valence-electron chi connectivity index (χ2n) is 9.81. The topological polar surface area (TPSA) is 86.8 Å². The number of halogens is 1. The Morgan fingerprint density at radius 2 is 1.54 bits per heavy atom. The molecular weight excluding hydrogens is 534 g/mol. The van der Waals surface area contributed by atoms with E-state index in [4.69, 9.17) is 11.6 Å². The third-order valence-corrected chi connectivity index (χ3v) is 8.44. The van der Waals surface area contributed by atoms with E-state index in [2.05, 4.69) is 5.32 Å². The van der Waals surface area contributed by atoms with Crippen molar-refractivity contribution in [2.24, 2.45) is 5.92 Å². The van der Waals surface area contributed by atoms with Gasteiger partial charge in [0.1, 0.15) is 12.6 Å². The Kier molecular flexibility index (Phi) is 10.5. The lowest BCUT2D eigenvalue weighted by Gasteiger charge is -2.33. The van der Waals surface area contributed by atoms with E-state index < -0.39 is 28.5 Å². The summed E-state index contributed by atoms with van der Waals surface area (Å²) in [5, 5.41) is 3.34. The second kappa shape index (κ2) is 13.6. The first kappa shape index (κ1) is 30.2. The van der Waals surface area contributed by atoms with E-state index in [1.54, 1.807) is 30.3 Å². The molecule has 3 aromatic rings. The molecule has 0 fully saturated rings. The zero-order valence-corrected chi connectivity index (χ0v) is 24.4. The van der Waals surface area contributed by atoms with Gasteiger partial charge in [-0.3, -0.25) is 13.9 Å². The SMILES string of the molecule is CC[C@H](C(=O)NCC(C)C)N(Cc1ccccc1C)C(=O)CN(c1ccccc1)S(=O)(=O)c1ccc(Cl)cc1. The second-order valence-corrected chi connectivity index (χ2v) is 12.1. The van der Waals surface area contributed by atoms with Crippen molar-refractivity contribution in [1.29, 1.82) is 0 Å². The minimum Gasteiger partial charge on any atom is -0.354 e. The van der Waals surface area contributed by atoms with Crippen LogP contribution in [0.4, 0.5) is 5.69 Å². The van der Waals surface area contributed by atoms with Crippen LogP contribution in [0.15, 0.2) is 83.8 Å². The number of rotatable bonds is 12. The molecule has 0 heterocycles. The number of para-hydroxylation sites is 1. The molecule has 208 valence electrons. The number of aryl methyl sites for hydroxylation is 1. The number of carbonyl (C=O) groups excluding carboxylic acids is 2. The van der Waals surface area contributed by atoms with E-state index in [0.717, 1.165) is 15.4 Å². The third kappa shape index (κ3) is 7.83. The summed E-state index contributed by atoms with van der Waals surface area (Å²) in [4.78, 5) is 28.8. The minimum atomic E-state index is -4.13. The van der Waals surface area contributed by atoms with Crippen LogP contribution in [0.5, 0.6) is 0 Å². The van der Waals surface area contributed by atoms with Crippen molar-refractivity contribution in [3.05, 3.63) is 95.0 Å². The highest BCUT2D eigenvalue weighted by Gasteiger charge is 2.33. The van der Waals surface area contributed by atoms with Crippen molar-refractivity contribution in [1.82, 2.24) is 10.2 Å². The molecule has 0 saturated carbocycles. The van der Waals surface area contributed by atoms with Gasteiger partial charge in [0.05, 0.1) is 10.6 Å². The van der Waals surface area contributed by atoms with Gasteiger partial charge in [0.25, 0.3) is 10.0 Å². The van der Waals surface area contributed by atoms with E-state index in [1.165, 1.54) is 29.2 Å². The number of carbonyl (C=O) groups is 2. The van der Waals surface area contributed by atoms with E-state index in [-0.39, 0.29) is 23.3 Å². The molecule has 0 saturated heterocycles. The Labute approximate surface area is 236 Å². The molecule has 3 rings (SSSR count). The largest absolute Gasteiger partial charge is 0.354 e. The standard InChI is InChI=1S/C30H36ClN3O4S/c1-5-28(30(36)32-19-22(2)3)33(20-24-12-10-9-11-23(24)4)29(35)21-34(26-13-7-6-8-14-26)39(37,38)27-17-15-25(31)16-18-27/h6-18,22,28H,5,19-21H2,1-4H3,(H,32,36)/t28-/m1/s1. The molecule has 0 aliphatic rings. The first-order valence-electron chi connectivity index (χ1n) is 13.0. The van der Waals surface area contributed by atoms with E-state index >= 15 is 0 Å². The number of benzene rings is 3. The summed E-state index contributed by atoms with van der Waals surface area (Å²) in [7, 11) is -4.13. The maximum absolute atomic E-state index is 14.0. The van der Waals surface area contributed by atoms with Gasteiger partial charge >= 0.3 is 0 Å². The number of hydrogen-bond acceptors (Lipinski definition) is 4. The Hall–Kier alpha value is -3.36. The number of hydrogen-bond donors (Lipinski definition) is 1. The smallest absolute Gasteiger partial charge is 0.264 e. The fraction of sp³-hybridized carbons (Fsp3) is 0.333. The summed E-state index contributed by atoms with van der Waals surface area (Å²) >= 11 is 5.99. The van der Waals surface area contributed by atoms with Crippen LogP contribution >= 0.6 is 11.6 Å². The van der Waals surface area contributed by atoms with Gasteiger partial charge < -0.3 is 10.2 Å². The van der Waals surface area contributed by atoms with Gasteiger partial charge in [-0.1, -0.05) is 74.8 Å². The molecule has 0 spiro atoms. The maximum Gasteiger partial charge on any atom is 0.264 e. The minimum absolute atomic E-state index is 0.00993. The zero-order chi connectivity index (χ0) is 28.6. The number of anilines is 1. The summed E-state index contributed by atoms with van der Waals surface area (Å²) in [6, 6.07) is 21.2. The van der Waals surface area contributed by atoms with Crippen LogP contribution in [0.3, 0.4) is 0 Å². The average Bonchev–Trinajstić information content (AvgIpc) is 2.92. The lowest BCUT2D eigenvalue weighted by molar-refractivity contribution is -0.140. The molecule has 0 radical (unpaired) electrons. The lowest BCUT2D eigenvalue weighted by atomic mass is 10.1. The monoisotopic (exact) mass is 569 g/mol. The van der Waals surface area contributed by atoms with Crippen LogP contribution in [0.2, 0.25) is 5.02 Å². The van der Waals surface area contributed by atoms with Gasteiger partial charge in [0.2, 0.25) is 11.8 Å². The van der Waals surface area contributed by atoms with Crippen molar-refractivity contribution in [2.45, 2.75) is 51.6 Å². The van der Waals surface area contributed by atoms with Crippen LogP contribution in [-0.2, 0) is 26.2 Å².